The lowest BCUT2D eigenvalue weighted by molar-refractivity contribution is -0.140. The molecule has 2 N–H and O–H groups in total. The molecule has 2 heterocycles. The molecule has 2 amide bonds. The van der Waals surface area contributed by atoms with Crippen molar-refractivity contribution < 1.29 is 9.59 Å². The normalized spacial score (nSPS) is 17.0. The Labute approximate surface area is 142 Å². The van der Waals surface area contributed by atoms with Crippen molar-refractivity contribution in [2.75, 3.05) is 26.2 Å². The molecule has 1 aromatic heterocycles. The number of likely N-dealkylation sites (tertiary alicyclic amines) is 1. The van der Waals surface area contributed by atoms with E-state index < -0.39 is 17.4 Å². The van der Waals surface area contributed by atoms with Crippen LogP contribution in [0.3, 0.4) is 0 Å². The zero-order valence-electron chi connectivity index (χ0n) is 14.2. The molecule has 5 nitrogen and oxygen atoms in total. The summed E-state index contributed by atoms with van der Waals surface area (Å²) in [6.07, 6.45) is 2.33. The summed E-state index contributed by atoms with van der Waals surface area (Å²) in [5.74, 6) is -0.430. The quantitative estimate of drug-likeness (QED) is 0.826. The van der Waals surface area contributed by atoms with Crippen molar-refractivity contribution in [2.24, 2.45) is 0 Å². The van der Waals surface area contributed by atoms with E-state index in [1.165, 1.54) is 17.7 Å². The lowest BCUT2D eigenvalue weighted by Gasteiger charge is -2.31. The Balaban J connectivity index is 1.64. The third-order valence-electron chi connectivity index (χ3n) is 3.94. The van der Waals surface area contributed by atoms with Crippen molar-refractivity contribution in [1.29, 1.82) is 0 Å². The smallest absolute Gasteiger partial charge is 0.309 e. The molecule has 0 bridgehead atoms. The first-order valence-electron chi connectivity index (χ1n) is 8.21. The second-order valence-corrected chi connectivity index (χ2v) is 8.07. The van der Waals surface area contributed by atoms with Crippen molar-refractivity contribution in [2.45, 2.75) is 45.1 Å². The van der Waals surface area contributed by atoms with Crippen LogP contribution in [0.5, 0.6) is 0 Å². The van der Waals surface area contributed by atoms with Gasteiger partial charge in [-0.05, 0) is 64.1 Å². The van der Waals surface area contributed by atoms with Gasteiger partial charge in [-0.1, -0.05) is 6.07 Å². The summed E-state index contributed by atoms with van der Waals surface area (Å²) in [6, 6.07) is 4.34. The Morgan fingerprint density at radius 1 is 1.26 bits per heavy atom. The Hall–Kier alpha value is -1.40. The van der Waals surface area contributed by atoms with Crippen LogP contribution in [-0.4, -0.2) is 48.4 Å². The molecular weight excluding hydrogens is 310 g/mol. The number of thiophene rings is 1. The van der Waals surface area contributed by atoms with Crippen LogP contribution in [0.2, 0.25) is 0 Å². The third-order valence-corrected chi connectivity index (χ3v) is 4.98. The van der Waals surface area contributed by atoms with E-state index in [-0.39, 0.29) is 0 Å². The number of amides is 2. The van der Waals surface area contributed by atoms with Gasteiger partial charge in [-0.25, -0.2) is 0 Å². The highest BCUT2D eigenvalue weighted by molar-refractivity contribution is 7.10. The molecule has 0 radical (unpaired) electrons. The van der Waals surface area contributed by atoms with E-state index in [1.54, 1.807) is 0 Å². The van der Waals surface area contributed by atoms with Crippen LogP contribution in [0.4, 0.5) is 0 Å². The van der Waals surface area contributed by atoms with E-state index >= 15 is 0 Å². The lowest BCUT2D eigenvalue weighted by Crippen LogP contribution is -2.49. The van der Waals surface area contributed by atoms with Crippen LogP contribution in [0.1, 0.15) is 44.4 Å². The maximum atomic E-state index is 11.7. The van der Waals surface area contributed by atoms with Gasteiger partial charge >= 0.3 is 11.8 Å². The van der Waals surface area contributed by atoms with Crippen molar-refractivity contribution in [3.63, 3.8) is 0 Å². The topological polar surface area (TPSA) is 61.4 Å². The van der Waals surface area contributed by atoms with Gasteiger partial charge in [0.05, 0.1) is 0 Å². The molecule has 1 aromatic rings. The van der Waals surface area contributed by atoms with Crippen LogP contribution in [0.15, 0.2) is 17.5 Å². The number of hydrogen-bond acceptors (Lipinski definition) is 4. The number of nitrogens with one attached hydrogen (secondary N) is 2. The Morgan fingerprint density at radius 3 is 2.52 bits per heavy atom. The van der Waals surface area contributed by atoms with Crippen molar-refractivity contribution >= 4 is 23.2 Å². The fraction of sp³-hybridized carbons (Fsp3) is 0.647. The Kier molecular flexibility index (Phi) is 6.18. The first-order valence-corrected chi connectivity index (χ1v) is 9.09. The number of piperidine rings is 1. The van der Waals surface area contributed by atoms with Crippen LogP contribution in [-0.2, 0) is 9.59 Å². The van der Waals surface area contributed by atoms with Crippen LogP contribution < -0.4 is 10.6 Å². The summed E-state index contributed by atoms with van der Waals surface area (Å²) in [5.41, 5.74) is -0.391. The molecule has 0 aromatic carbocycles. The monoisotopic (exact) mass is 337 g/mol. The summed E-state index contributed by atoms with van der Waals surface area (Å²) in [5, 5.41) is 7.50. The molecule has 1 aliphatic heterocycles. The summed E-state index contributed by atoms with van der Waals surface area (Å²) < 4.78 is 0. The second kappa shape index (κ2) is 7.93. The van der Waals surface area contributed by atoms with E-state index in [9.17, 15) is 9.59 Å². The number of carbonyl (C=O) groups is 2. The highest BCUT2D eigenvalue weighted by Crippen LogP contribution is 2.30. The molecule has 128 valence electrons. The fourth-order valence-corrected chi connectivity index (χ4v) is 3.67. The fourth-order valence-electron chi connectivity index (χ4n) is 2.77. The van der Waals surface area contributed by atoms with E-state index in [4.69, 9.17) is 0 Å². The van der Waals surface area contributed by atoms with Gasteiger partial charge < -0.3 is 15.5 Å². The molecule has 23 heavy (non-hydrogen) atoms. The van der Waals surface area contributed by atoms with Gasteiger partial charge in [0.25, 0.3) is 0 Å². The first kappa shape index (κ1) is 17.9. The van der Waals surface area contributed by atoms with Gasteiger partial charge in [-0.15, -0.1) is 11.3 Å². The minimum absolute atomic E-state index is 0.391. The zero-order chi connectivity index (χ0) is 16.9. The standard InChI is InChI=1S/C17H27N3O2S/c1-17(2,3)19-16(22)15(21)18-8-11-20-9-6-13(7-10-20)14-5-4-12-23-14/h4-5,12-13H,6-11H2,1-3H3,(H,18,21)(H,19,22). The van der Waals surface area contributed by atoms with Gasteiger partial charge in [-0.2, -0.15) is 0 Å². The number of carbonyl (C=O) groups excluding carboxylic acids is 2. The molecule has 0 unspecified atom stereocenters. The maximum Gasteiger partial charge on any atom is 0.309 e. The average Bonchev–Trinajstić information content (AvgIpc) is 3.00. The molecule has 0 atom stereocenters. The molecular formula is C17H27N3O2S. The molecule has 6 heteroatoms. The van der Waals surface area contributed by atoms with Gasteiger partial charge in [0.1, 0.15) is 0 Å². The molecule has 2 rings (SSSR count). The maximum absolute atomic E-state index is 11.7. The minimum atomic E-state index is -0.561. The molecule has 1 saturated heterocycles. The Bertz CT molecular complexity index is 514. The third kappa shape index (κ3) is 5.95. The highest BCUT2D eigenvalue weighted by atomic mass is 32.1. The van der Waals surface area contributed by atoms with Crippen LogP contribution >= 0.6 is 11.3 Å². The van der Waals surface area contributed by atoms with Gasteiger partial charge in [0.2, 0.25) is 0 Å². The second-order valence-electron chi connectivity index (χ2n) is 7.09. The predicted octanol–water partition coefficient (Wildman–Crippen LogP) is 1.96. The molecule has 0 aliphatic carbocycles. The minimum Gasteiger partial charge on any atom is -0.347 e. The average molecular weight is 337 g/mol. The first-order chi connectivity index (χ1) is 10.8. The van der Waals surface area contributed by atoms with Crippen molar-refractivity contribution in [3.05, 3.63) is 22.4 Å². The number of hydrogen-bond donors (Lipinski definition) is 2. The zero-order valence-corrected chi connectivity index (χ0v) is 15.0. The lowest BCUT2D eigenvalue weighted by atomic mass is 9.95. The summed E-state index contributed by atoms with van der Waals surface area (Å²) in [6.45, 7) is 8.98. The summed E-state index contributed by atoms with van der Waals surface area (Å²) >= 11 is 1.84. The Morgan fingerprint density at radius 2 is 1.96 bits per heavy atom. The molecule has 0 saturated carbocycles. The van der Waals surface area contributed by atoms with E-state index in [0.717, 1.165) is 19.6 Å². The summed E-state index contributed by atoms with van der Waals surface area (Å²) in [4.78, 5) is 27.2. The number of nitrogens with zero attached hydrogens (tertiary/aromatic N) is 1. The predicted molar refractivity (Wildman–Crippen MR) is 93.6 cm³/mol. The summed E-state index contributed by atoms with van der Waals surface area (Å²) in [7, 11) is 0. The van der Waals surface area contributed by atoms with Gasteiger partial charge in [-0.3, -0.25) is 9.59 Å². The number of rotatable bonds is 4. The molecule has 0 spiro atoms. The SMILES string of the molecule is CC(C)(C)NC(=O)C(=O)NCCN1CCC(c2cccs2)CC1. The largest absolute Gasteiger partial charge is 0.347 e. The van der Waals surface area contributed by atoms with Gasteiger partial charge in [0, 0.05) is 23.5 Å². The van der Waals surface area contributed by atoms with Gasteiger partial charge in [0.15, 0.2) is 0 Å². The van der Waals surface area contributed by atoms with E-state index in [1.807, 2.05) is 32.1 Å². The van der Waals surface area contributed by atoms with Crippen LogP contribution in [0.25, 0.3) is 0 Å². The highest BCUT2D eigenvalue weighted by Gasteiger charge is 2.22. The molecule has 1 aliphatic rings. The van der Waals surface area contributed by atoms with Crippen molar-refractivity contribution in [3.8, 4) is 0 Å². The van der Waals surface area contributed by atoms with E-state index in [0.29, 0.717) is 12.5 Å². The van der Waals surface area contributed by atoms with Crippen molar-refractivity contribution in [1.82, 2.24) is 15.5 Å². The van der Waals surface area contributed by atoms with E-state index in [2.05, 4.69) is 33.0 Å². The van der Waals surface area contributed by atoms with Crippen LogP contribution in [0, 0.1) is 0 Å². The molecule has 1 fully saturated rings.